The first-order valence-corrected chi connectivity index (χ1v) is 9.41. The number of anilines is 2. The minimum absolute atomic E-state index is 0. The molecule has 0 atom stereocenters. The summed E-state index contributed by atoms with van der Waals surface area (Å²) >= 11 is 24.4. The van der Waals surface area contributed by atoms with Crippen molar-refractivity contribution in [3.05, 3.63) is 60.5 Å². The number of nitro groups is 1. The number of carbonyl (C=O) groups excluding carboxylic acids is 2. The van der Waals surface area contributed by atoms with Gasteiger partial charge < -0.3 is 6.15 Å². The van der Waals surface area contributed by atoms with Gasteiger partial charge >= 0.3 is 0 Å². The number of hydrogen-bond acceptors (Lipinski definition) is 6. The topological polar surface area (TPSA) is 131 Å². The van der Waals surface area contributed by atoms with Gasteiger partial charge in [-0.05, 0) is 18.2 Å². The third-order valence-electron chi connectivity index (χ3n) is 3.91. The Morgan fingerprint density at radius 1 is 1.13 bits per heavy atom. The molecule has 1 aliphatic rings. The van der Waals surface area contributed by atoms with E-state index in [0.29, 0.717) is 0 Å². The zero-order chi connectivity index (χ0) is 21.5. The minimum atomic E-state index is -0.626. The van der Waals surface area contributed by atoms with Gasteiger partial charge in [-0.2, -0.15) is 10.1 Å². The zero-order valence-corrected chi connectivity index (χ0v) is 18.3. The van der Waals surface area contributed by atoms with Gasteiger partial charge in [-0.1, -0.05) is 46.4 Å². The molecule has 1 heterocycles. The number of hydrogen-bond donors (Lipinski definition) is 1. The monoisotopic (exact) mass is 491 g/mol. The van der Waals surface area contributed by atoms with Gasteiger partial charge in [0.1, 0.15) is 11.5 Å². The van der Waals surface area contributed by atoms with Gasteiger partial charge in [0.05, 0.1) is 32.1 Å². The molecule has 0 fully saturated rings. The van der Waals surface area contributed by atoms with Crippen LogP contribution in [-0.4, -0.2) is 22.6 Å². The Bertz CT molecular complexity index is 1070. The van der Waals surface area contributed by atoms with Crippen molar-refractivity contribution in [2.75, 3.05) is 9.91 Å². The molecule has 1 aliphatic heterocycles. The van der Waals surface area contributed by atoms with Gasteiger partial charge in [-0.25, -0.2) is 0 Å². The van der Waals surface area contributed by atoms with Crippen molar-refractivity contribution in [3.63, 3.8) is 0 Å². The SMILES string of the molecule is CC(=O)N(C1=NN(c2c(Cl)cc(Cl)cc2Cl)C(=O)C1)c1cc([N+](=O)[O-])ccc1Cl.N. The summed E-state index contributed by atoms with van der Waals surface area (Å²) in [6.45, 7) is 1.22. The number of amides is 2. The Labute approximate surface area is 190 Å². The molecule has 0 aliphatic carbocycles. The molecule has 158 valence electrons. The molecule has 0 radical (unpaired) electrons. The van der Waals surface area contributed by atoms with Crippen molar-refractivity contribution in [2.45, 2.75) is 13.3 Å². The normalized spacial score (nSPS) is 13.0. The molecule has 30 heavy (non-hydrogen) atoms. The maximum Gasteiger partial charge on any atom is 0.271 e. The van der Waals surface area contributed by atoms with Crippen LogP contribution in [0.5, 0.6) is 0 Å². The molecular formula is C17H13Cl4N5O4. The van der Waals surface area contributed by atoms with E-state index in [1.807, 2.05) is 0 Å². The highest BCUT2D eigenvalue weighted by molar-refractivity contribution is 6.43. The Balaban J connectivity index is 0.00000320. The molecule has 2 aromatic rings. The molecule has 0 bridgehead atoms. The van der Waals surface area contributed by atoms with E-state index in [9.17, 15) is 19.7 Å². The zero-order valence-electron chi connectivity index (χ0n) is 15.2. The largest absolute Gasteiger partial charge is 0.344 e. The lowest BCUT2D eigenvalue weighted by molar-refractivity contribution is -0.384. The molecule has 0 saturated heterocycles. The Hall–Kier alpha value is -2.43. The van der Waals surface area contributed by atoms with E-state index >= 15 is 0 Å². The lowest BCUT2D eigenvalue weighted by atomic mass is 10.2. The third-order valence-corrected chi connectivity index (χ3v) is 5.02. The van der Waals surface area contributed by atoms with Crippen LogP contribution in [0.1, 0.15) is 13.3 Å². The second-order valence-corrected chi connectivity index (χ2v) is 7.52. The van der Waals surface area contributed by atoms with Gasteiger partial charge in [0, 0.05) is 24.1 Å². The first-order chi connectivity index (χ1) is 13.6. The molecule has 13 heteroatoms. The van der Waals surface area contributed by atoms with Gasteiger partial charge in [-0.3, -0.25) is 24.6 Å². The highest BCUT2D eigenvalue weighted by Gasteiger charge is 2.34. The molecule has 2 amide bonds. The van der Waals surface area contributed by atoms with Crippen LogP contribution in [-0.2, 0) is 9.59 Å². The van der Waals surface area contributed by atoms with Crippen LogP contribution in [0.3, 0.4) is 0 Å². The van der Waals surface area contributed by atoms with E-state index in [0.717, 1.165) is 16.0 Å². The number of benzene rings is 2. The molecule has 2 aromatic carbocycles. The van der Waals surface area contributed by atoms with Crippen LogP contribution in [0.4, 0.5) is 17.1 Å². The summed E-state index contributed by atoms with van der Waals surface area (Å²) in [5, 5.41) is 16.7. The van der Waals surface area contributed by atoms with Crippen LogP contribution >= 0.6 is 46.4 Å². The summed E-state index contributed by atoms with van der Waals surface area (Å²) in [6, 6.07) is 6.40. The van der Waals surface area contributed by atoms with E-state index in [2.05, 4.69) is 5.10 Å². The summed E-state index contributed by atoms with van der Waals surface area (Å²) in [5.74, 6) is -1.06. The first kappa shape index (κ1) is 23.8. The van der Waals surface area contributed by atoms with Gasteiger partial charge in [0.2, 0.25) is 5.91 Å². The quantitative estimate of drug-likeness (QED) is 0.447. The lowest BCUT2D eigenvalue weighted by Gasteiger charge is -2.21. The van der Waals surface area contributed by atoms with E-state index in [-0.39, 0.29) is 55.6 Å². The van der Waals surface area contributed by atoms with Crippen molar-refractivity contribution < 1.29 is 14.5 Å². The number of nitro benzene ring substituents is 1. The third kappa shape index (κ3) is 4.50. The number of carbonyl (C=O) groups is 2. The molecule has 0 saturated carbocycles. The van der Waals surface area contributed by atoms with Crippen LogP contribution in [0.25, 0.3) is 0 Å². The summed E-state index contributed by atoms with van der Waals surface area (Å²) in [4.78, 5) is 36.4. The van der Waals surface area contributed by atoms with Crippen molar-refractivity contribution >= 4 is 81.1 Å². The van der Waals surface area contributed by atoms with Crippen LogP contribution in [0.15, 0.2) is 35.4 Å². The molecule has 3 N–H and O–H groups in total. The molecule has 3 rings (SSSR count). The Morgan fingerprint density at radius 3 is 2.27 bits per heavy atom. The summed E-state index contributed by atoms with van der Waals surface area (Å²) in [5.41, 5.74) is -0.150. The summed E-state index contributed by atoms with van der Waals surface area (Å²) < 4.78 is 0. The maximum atomic E-state index is 12.6. The van der Waals surface area contributed by atoms with E-state index in [4.69, 9.17) is 46.4 Å². The average Bonchev–Trinajstić information content (AvgIpc) is 2.96. The smallest absolute Gasteiger partial charge is 0.271 e. The number of halogens is 4. The Morgan fingerprint density at radius 2 is 1.73 bits per heavy atom. The predicted molar refractivity (Wildman–Crippen MR) is 117 cm³/mol. The van der Waals surface area contributed by atoms with Crippen molar-refractivity contribution in [2.24, 2.45) is 5.10 Å². The summed E-state index contributed by atoms with van der Waals surface area (Å²) in [7, 11) is 0. The van der Waals surface area contributed by atoms with Crippen molar-refractivity contribution in [1.82, 2.24) is 6.15 Å². The van der Waals surface area contributed by atoms with E-state index < -0.39 is 16.7 Å². The molecule has 0 spiro atoms. The maximum absolute atomic E-state index is 12.6. The lowest BCUT2D eigenvalue weighted by Crippen LogP contribution is -2.34. The van der Waals surface area contributed by atoms with Crippen LogP contribution < -0.4 is 16.1 Å². The average molecular weight is 493 g/mol. The number of non-ortho nitro benzene ring substituents is 1. The van der Waals surface area contributed by atoms with Gasteiger partial charge in [0.25, 0.3) is 11.6 Å². The van der Waals surface area contributed by atoms with Crippen LogP contribution in [0.2, 0.25) is 20.1 Å². The van der Waals surface area contributed by atoms with Crippen molar-refractivity contribution in [3.8, 4) is 0 Å². The molecule has 0 aromatic heterocycles. The number of hydrazone groups is 1. The van der Waals surface area contributed by atoms with E-state index in [1.165, 1.54) is 31.2 Å². The Kier molecular flexibility index (Phi) is 7.27. The molecule has 9 nitrogen and oxygen atoms in total. The highest BCUT2D eigenvalue weighted by atomic mass is 35.5. The van der Waals surface area contributed by atoms with Gasteiger partial charge in [-0.15, -0.1) is 0 Å². The first-order valence-electron chi connectivity index (χ1n) is 7.89. The predicted octanol–water partition coefficient (Wildman–Crippen LogP) is 5.47. The number of rotatable bonds is 3. The fourth-order valence-corrected chi connectivity index (χ4v) is 3.91. The van der Waals surface area contributed by atoms with E-state index in [1.54, 1.807) is 0 Å². The second-order valence-electron chi connectivity index (χ2n) is 5.86. The van der Waals surface area contributed by atoms with Crippen molar-refractivity contribution in [1.29, 1.82) is 0 Å². The number of amidine groups is 1. The summed E-state index contributed by atoms with van der Waals surface area (Å²) in [6.07, 6.45) is -0.284. The standard InChI is InChI=1S/C17H10Cl4N4O4.H3N/c1-8(26)23(14-6-10(25(28)29)2-3-11(14)19)15-7-16(27)24(22-15)17-12(20)4-9(18)5-13(17)21;/h2-6H,7H2,1H3;1H3. The molecular weight excluding hydrogens is 480 g/mol. The fourth-order valence-electron chi connectivity index (χ4n) is 2.73. The molecule has 0 unspecified atom stereocenters. The minimum Gasteiger partial charge on any atom is -0.344 e. The van der Waals surface area contributed by atoms with Crippen LogP contribution in [0, 0.1) is 10.1 Å². The fraction of sp³-hybridized carbons (Fsp3) is 0.118. The number of nitrogens with zero attached hydrogens (tertiary/aromatic N) is 4. The highest BCUT2D eigenvalue weighted by Crippen LogP contribution is 2.39. The van der Waals surface area contributed by atoms with Gasteiger partial charge in [0.15, 0.2) is 0 Å². The second kappa shape index (κ2) is 9.15.